The van der Waals surface area contributed by atoms with Crippen molar-refractivity contribution >= 4 is 5.78 Å². The van der Waals surface area contributed by atoms with Crippen molar-refractivity contribution in [3.05, 3.63) is 0 Å². The summed E-state index contributed by atoms with van der Waals surface area (Å²) in [7, 11) is 1.75. The molecular weight excluding hydrogens is 210 g/mol. The lowest BCUT2D eigenvalue weighted by Crippen LogP contribution is -2.37. The summed E-state index contributed by atoms with van der Waals surface area (Å²) in [4.78, 5) is 11.5. The number of aliphatic hydroxyl groups is 2. The van der Waals surface area contributed by atoms with Crippen molar-refractivity contribution in [3.63, 3.8) is 0 Å². The number of aliphatic hydroxyl groups excluding tert-OH is 2. The molecule has 0 aromatic heterocycles. The zero-order valence-electron chi connectivity index (χ0n) is 10.0. The van der Waals surface area contributed by atoms with Crippen LogP contribution in [0.3, 0.4) is 0 Å². The molecule has 3 N–H and O–H groups in total. The molecule has 1 heterocycles. The summed E-state index contributed by atoms with van der Waals surface area (Å²) in [6, 6.07) is 0. The standard InChI is InChI=1S/C11H21NO4/c1-6(2)7(13)4-8-10(14)11(15)9(16-8)5-12-3/h6,8-12,14-15H,4-5H2,1-3H3/t8-,9-,10+,11-/m1/s1. The SMILES string of the molecule is CNC[C@H]1O[C@H](CC(=O)C(C)C)[C@H](O)[C@@H]1O. The number of carbonyl (C=O) groups is 1. The zero-order valence-corrected chi connectivity index (χ0v) is 10.0. The van der Waals surface area contributed by atoms with Crippen LogP contribution in [-0.2, 0) is 9.53 Å². The van der Waals surface area contributed by atoms with E-state index in [4.69, 9.17) is 4.74 Å². The van der Waals surface area contributed by atoms with Gasteiger partial charge in [0.25, 0.3) is 0 Å². The minimum Gasteiger partial charge on any atom is -0.388 e. The van der Waals surface area contributed by atoms with Gasteiger partial charge in [-0.2, -0.15) is 0 Å². The highest BCUT2D eigenvalue weighted by Gasteiger charge is 2.42. The molecule has 16 heavy (non-hydrogen) atoms. The molecule has 1 aliphatic rings. The van der Waals surface area contributed by atoms with Crippen LogP contribution in [0.5, 0.6) is 0 Å². The van der Waals surface area contributed by atoms with Crippen LogP contribution in [0.1, 0.15) is 20.3 Å². The highest BCUT2D eigenvalue weighted by atomic mass is 16.5. The number of Topliss-reactive ketones (excluding diaryl/α,β-unsaturated/α-hetero) is 1. The van der Waals surface area contributed by atoms with Crippen LogP contribution in [-0.4, -0.2) is 54.0 Å². The molecule has 1 fully saturated rings. The first-order valence-corrected chi connectivity index (χ1v) is 5.66. The molecule has 0 saturated carbocycles. The van der Waals surface area contributed by atoms with E-state index in [1.807, 2.05) is 13.8 Å². The van der Waals surface area contributed by atoms with E-state index in [1.54, 1.807) is 7.05 Å². The minimum atomic E-state index is -0.971. The maximum atomic E-state index is 11.5. The van der Waals surface area contributed by atoms with Crippen LogP contribution in [0, 0.1) is 5.92 Å². The molecule has 0 bridgehead atoms. The Labute approximate surface area is 95.8 Å². The highest BCUT2D eigenvalue weighted by molar-refractivity contribution is 5.80. The van der Waals surface area contributed by atoms with Crippen molar-refractivity contribution in [1.82, 2.24) is 5.32 Å². The molecule has 0 unspecified atom stereocenters. The molecule has 94 valence electrons. The molecule has 5 nitrogen and oxygen atoms in total. The summed E-state index contributed by atoms with van der Waals surface area (Å²) in [5.41, 5.74) is 0. The number of nitrogens with one attached hydrogen (secondary N) is 1. The van der Waals surface area contributed by atoms with Gasteiger partial charge in [0.05, 0.1) is 12.2 Å². The van der Waals surface area contributed by atoms with E-state index < -0.39 is 24.4 Å². The molecule has 1 saturated heterocycles. The van der Waals surface area contributed by atoms with Crippen molar-refractivity contribution in [2.24, 2.45) is 5.92 Å². The van der Waals surface area contributed by atoms with Crippen molar-refractivity contribution < 1.29 is 19.7 Å². The molecule has 5 heteroatoms. The predicted molar refractivity (Wildman–Crippen MR) is 59.1 cm³/mol. The lowest BCUT2D eigenvalue weighted by molar-refractivity contribution is -0.125. The third kappa shape index (κ3) is 3.01. The number of carbonyl (C=O) groups excluding carboxylic acids is 1. The maximum absolute atomic E-state index is 11.5. The van der Waals surface area contributed by atoms with Gasteiger partial charge < -0.3 is 20.3 Å². The summed E-state index contributed by atoms with van der Waals surface area (Å²) in [5.74, 6) is -0.0300. The minimum absolute atomic E-state index is 0.0429. The monoisotopic (exact) mass is 231 g/mol. The first-order chi connectivity index (χ1) is 7.47. The number of likely N-dealkylation sites (N-methyl/N-ethyl adjacent to an activating group) is 1. The van der Waals surface area contributed by atoms with Crippen molar-refractivity contribution in [1.29, 1.82) is 0 Å². The average molecular weight is 231 g/mol. The number of ether oxygens (including phenoxy) is 1. The Morgan fingerprint density at radius 3 is 2.38 bits per heavy atom. The molecule has 0 amide bonds. The van der Waals surface area contributed by atoms with Crippen molar-refractivity contribution in [3.8, 4) is 0 Å². The second-order valence-electron chi connectivity index (χ2n) is 4.58. The van der Waals surface area contributed by atoms with Crippen LogP contribution in [0.25, 0.3) is 0 Å². The Morgan fingerprint density at radius 1 is 1.31 bits per heavy atom. The van der Waals surface area contributed by atoms with Gasteiger partial charge in [0.15, 0.2) is 0 Å². The van der Waals surface area contributed by atoms with Crippen LogP contribution >= 0.6 is 0 Å². The van der Waals surface area contributed by atoms with Gasteiger partial charge in [-0.15, -0.1) is 0 Å². The molecule has 4 atom stereocenters. The molecule has 0 aliphatic carbocycles. The molecule has 0 spiro atoms. The second-order valence-corrected chi connectivity index (χ2v) is 4.58. The fourth-order valence-electron chi connectivity index (χ4n) is 1.80. The van der Waals surface area contributed by atoms with E-state index in [1.165, 1.54) is 0 Å². The summed E-state index contributed by atoms with van der Waals surface area (Å²) in [6.07, 6.45) is -2.75. The number of rotatable bonds is 5. The van der Waals surface area contributed by atoms with Gasteiger partial charge in [-0.25, -0.2) is 0 Å². The quantitative estimate of drug-likeness (QED) is 0.584. The fraction of sp³-hybridized carbons (Fsp3) is 0.909. The van der Waals surface area contributed by atoms with E-state index in [0.717, 1.165) is 0 Å². The van der Waals surface area contributed by atoms with Gasteiger partial charge in [-0.3, -0.25) is 4.79 Å². The summed E-state index contributed by atoms with van der Waals surface area (Å²) >= 11 is 0. The lowest BCUT2D eigenvalue weighted by Gasteiger charge is -2.14. The van der Waals surface area contributed by atoms with E-state index >= 15 is 0 Å². The van der Waals surface area contributed by atoms with Crippen molar-refractivity contribution in [2.75, 3.05) is 13.6 Å². The third-order valence-electron chi connectivity index (χ3n) is 2.91. The van der Waals surface area contributed by atoms with E-state index in [0.29, 0.717) is 6.54 Å². The van der Waals surface area contributed by atoms with Crippen LogP contribution in [0.15, 0.2) is 0 Å². The number of ketones is 1. The van der Waals surface area contributed by atoms with Gasteiger partial charge >= 0.3 is 0 Å². The Kier molecular flexibility index (Phi) is 4.86. The summed E-state index contributed by atoms with van der Waals surface area (Å²) in [6.45, 7) is 4.08. The first kappa shape index (κ1) is 13.6. The van der Waals surface area contributed by atoms with E-state index in [9.17, 15) is 15.0 Å². The highest BCUT2D eigenvalue weighted by Crippen LogP contribution is 2.24. The van der Waals surface area contributed by atoms with Gasteiger partial charge in [0.1, 0.15) is 18.0 Å². The van der Waals surface area contributed by atoms with Crippen LogP contribution in [0.4, 0.5) is 0 Å². The topological polar surface area (TPSA) is 78.8 Å². The smallest absolute Gasteiger partial charge is 0.138 e. The Hall–Kier alpha value is -0.490. The maximum Gasteiger partial charge on any atom is 0.138 e. The average Bonchev–Trinajstić information content (AvgIpc) is 2.47. The van der Waals surface area contributed by atoms with Crippen molar-refractivity contribution in [2.45, 2.75) is 44.7 Å². The van der Waals surface area contributed by atoms with Gasteiger partial charge in [-0.05, 0) is 7.05 Å². The van der Waals surface area contributed by atoms with Gasteiger partial charge in [0.2, 0.25) is 0 Å². The molecule has 0 aromatic carbocycles. The van der Waals surface area contributed by atoms with Gasteiger partial charge in [0, 0.05) is 18.9 Å². The van der Waals surface area contributed by atoms with E-state index in [-0.39, 0.29) is 18.1 Å². The number of hydrogen-bond acceptors (Lipinski definition) is 5. The summed E-state index contributed by atoms with van der Waals surface area (Å²) < 4.78 is 5.46. The first-order valence-electron chi connectivity index (χ1n) is 5.66. The second kappa shape index (κ2) is 5.72. The van der Waals surface area contributed by atoms with Crippen LogP contribution in [0.2, 0.25) is 0 Å². The third-order valence-corrected chi connectivity index (χ3v) is 2.91. The fourth-order valence-corrected chi connectivity index (χ4v) is 1.80. The molecule has 1 rings (SSSR count). The van der Waals surface area contributed by atoms with E-state index in [2.05, 4.69) is 5.32 Å². The molecular formula is C11H21NO4. The lowest BCUT2D eigenvalue weighted by atomic mass is 9.99. The predicted octanol–water partition coefficient (Wildman–Crippen LogP) is -0.690. The molecule has 0 aromatic rings. The number of hydrogen-bond donors (Lipinski definition) is 3. The Bertz CT molecular complexity index is 244. The van der Waals surface area contributed by atoms with Crippen LogP contribution < -0.4 is 5.32 Å². The zero-order chi connectivity index (χ0) is 12.3. The summed E-state index contributed by atoms with van der Waals surface area (Å²) in [5, 5.41) is 22.3. The normalized spacial score (nSPS) is 34.6. The molecule has 1 aliphatic heterocycles. The Balaban J connectivity index is 2.53. The molecule has 0 radical (unpaired) electrons. The largest absolute Gasteiger partial charge is 0.388 e. The Morgan fingerprint density at radius 2 is 1.88 bits per heavy atom. The van der Waals surface area contributed by atoms with Gasteiger partial charge in [-0.1, -0.05) is 13.8 Å².